The van der Waals surface area contributed by atoms with Gasteiger partial charge in [-0.3, -0.25) is 0 Å². The number of nitrogens with zero attached hydrogens (tertiary/aromatic N) is 6. The molecule has 0 atom stereocenters. The molecule has 0 unspecified atom stereocenters. The fourth-order valence-electron chi connectivity index (χ4n) is 3.55. The first-order chi connectivity index (χ1) is 15.6. The molecule has 0 radical (unpaired) electrons. The standard InChI is InChI=1S/C22H19N7O3/c1-13-17-15(10-16(27-21(17)32-28-13)14-6-3-2-4-7-14)22(30)31-9-5-8-29-12-26-18-19(23)24-11-25-20(18)29/h2-4,6-7,10-12H,5,8-9H2,1H3,(H2,23,24,25). The van der Waals surface area contributed by atoms with Gasteiger partial charge in [0.2, 0.25) is 0 Å². The van der Waals surface area contributed by atoms with Crippen LogP contribution in [0.5, 0.6) is 0 Å². The molecule has 0 bridgehead atoms. The van der Waals surface area contributed by atoms with Crippen molar-refractivity contribution in [1.29, 1.82) is 0 Å². The number of aryl methyl sites for hydroxylation is 2. The smallest absolute Gasteiger partial charge is 0.339 e. The van der Waals surface area contributed by atoms with E-state index < -0.39 is 5.97 Å². The zero-order valence-electron chi connectivity index (χ0n) is 17.2. The summed E-state index contributed by atoms with van der Waals surface area (Å²) >= 11 is 0. The molecule has 2 N–H and O–H groups in total. The van der Waals surface area contributed by atoms with Crippen molar-refractivity contribution in [3.8, 4) is 11.3 Å². The molecule has 4 heterocycles. The Morgan fingerprint density at radius 2 is 2.03 bits per heavy atom. The predicted molar refractivity (Wildman–Crippen MR) is 117 cm³/mol. The summed E-state index contributed by atoms with van der Waals surface area (Å²) in [5, 5.41) is 4.52. The highest BCUT2D eigenvalue weighted by atomic mass is 16.5. The van der Waals surface area contributed by atoms with Crippen LogP contribution in [0.4, 0.5) is 5.82 Å². The highest BCUT2D eigenvalue weighted by Gasteiger charge is 2.20. The lowest BCUT2D eigenvalue weighted by atomic mass is 10.1. The third kappa shape index (κ3) is 3.51. The molecule has 32 heavy (non-hydrogen) atoms. The lowest BCUT2D eigenvalue weighted by molar-refractivity contribution is 0.0498. The van der Waals surface area contributed by atoms with E-state index in [0.717, 1.165) is 5.56 Å². The summed E-state index contributed by atoms with van der Waals surface area (Å²) in [6.45, 7) is 2.55. The minimum atomic E-state index is -0.456. The van der Waals surface area contributed by atoms with Crippen LogP contribution in [0, 0.1) is 6.92 Å². The number of carbonyl (C=O) groups excluding carboxylic acids is 1. The van der Waals surface area contributed by atoms with E-state index in [1.165, 1.54) is 6.33 Å². The number of pyridine rings is 1. The van der Waals surface area contributed by atoms with E-state index in [2.05, 4.69) is 25.1 Å². The van der Waals surface area contributed by atoms with Crippen LogP contribution in [0.25, 0.3) is 33.5 Å². The molecule has 4 aromatic heterocycles. The first-order valence-electron chi connectivity index (χ1n) is 10.0. The largest absolute Gasteiger partial charge is 0.462 e. The molecule has 1 aromatic carbocycles. The first-order valence-corrected chi connectivity index (χ1v) is 10.0. The topological polar surface area (TPSA) is 135 Å². The second kappa shape index (κ2) is 8.06. The fourth-order valence-corrected chi connectivity index (χ4v) is 3.55. The fraction of sp³-hybridized carbons (Fsp3) is 0.182. The molecule has 0 fully saturated rings. The highest BCUT2D eigenvalue weighted by Crippen LogP contribution is 2.27. The molecule has 160 valence electrons. The maximum Gasteiger partial charge on any atom is 0.339 e. The monoisotopic (exact) mass is 429 g/mol. The van der Waals surface area contributed by atoms with Crippen LogP contribution in [0.2, 0.25) is 0 Å². The third-order valence-electron chi connectivity index (χ3n) is 5.11. The Bertz CT molecular complexity index is 1430. The number of imidazole rings is 1. The number of esters is 1. The maximum atomic E-state index is 12.9. The molecule has 10 nitrogen and oxygen atoms in total. The van der Waals surface area contributed by atoms with Gasteiger partial charge >= 0.3 is 5.97 Å². The van der Waals surface area contributed by atoms with Gasteiger partial charge in [0.1, 0.15) is 11.8 Å². The maximum absolute atomic E-state index is 12.9. The first kappa shape index (κ1) is 19.6. The van der Waals surface area contributed by atoms with Crippen molar-refractivity contribution in [3.05, 3.63) is 60.3 Å². The molecule has 0 saturated heterocycles. The van der Waals surface area contributed by atoms with E-state index >= 15 is 0 Å². The van der Waals surface area contributed by atoms with E-state index in [1.807, 2.05) is 34.9 Å². The number of hydrogen-bond donors (Lipinski definition) is 1. The van der Waals surface area contributed by atoms with E-state index in [9.17, 15) is 4.79 Å². The van der Waals surface area contributed by atoms with Gasteiger partial charge in [-0.15, -0.1) is 0 Å². The van der Waals surface area contributed by atoms with Gasteiger partial charge in [-0.25, -0.2) is 24.7 Å². The second-order valence-corrected chi connectivity index (χ2v) is 7.23. The van der Waals surface area contributed by atoms with Crippen LogP contribution in [0.1, 0.15) is 22.5 Å². The van der Waals surface area contributed by atoms with Crippen molar-refractivity contribution in [2.75, 3.05) is 12.3 Å². The zero-order chi connectivity index (χ0) is 22.1. The molecule has 5 aromatic rings. The Morgan fingerprint density at radius 1 is 1.19 bits per heavy atom. The van der Waals surface area contributed by atoms with Crippen molar-refractivity contribution >= 4 is 34.1 Å². The van der Waals surface area contributed by atoms with Crippen molar-refractivity contribution in [2.24, 2.45) is 0 Å². The molecule has 10 heteroatoms. The van der Waals surface area contributed by atoms with E-state index in [0.29, 0.717) is 58.0 Å². The molecule has 0 spiro atoms. The van der Waals surface area contributed by atoms with Crippen LogP contribution in [-0.4, -0.2) is 42.2 Å². The van der Waals surface area contributed by atoms with Gasteiger partial charge in [0.05, 0.1) is 35.3 Å². The molecule has 0 aliphatic heterocycles. The normalized spacial score (nSPS) is 11.3. The van der Waals surface area contributed by atoms with Gasteiger partial charge in [-0.2, -0.15) is 0 Å². The number of ether oxygens (including phenoxy) is 1. The zero-order valence-corrected chi connectivity index (χ0v) is 17.2. The Hall–Kier alpha value is -4.34. The quantitative estimate of drug-likeness (QED) is 0.319. The van der Waals surface area contributed by atoms with Gasteiger partial charge in [0, 0.05) is 12.1 Å². The van der Waals surface area contributed by atoms with Crippen LogP contribution >= 0.6 is 0 Å². The van der Waals surface area contributed by atoms with Crippen LogP contribution in [0.3, 0.4) is 0 Å². The van der Waals surface area contributed by atoms with Crippen molar-refractivity contribution < 1.29 is 14.1 Å². The number of nitrogens with two attached hydrogens (primary N) is 1. The Kier molecular flexibility index (Phi) is 4.94. The number of anilines is 1. The van der Waals surface area contributed by atoms with E-state index in [1.54, 1.807) is 19.3 Å². The van der Waals surface area contributed by atoms with Gasteiger partial charge in [-0.05, 0) is 19.4 Å². The minimum Gasteiger partial charge on any atom is -0.462 e. The second-order valence-electron chi connectivity index (χ2n) is 7.23. The average Bonchev–Trinajstić information content (AvgIpc) is 3.41. The summed E-state index contributed by atoms with van der Waals surface area (Å²) in [6, 6.07) is 11.3. The summed E-state index contributed by atoms with van der Waals surface area (Å²) in [4.78, 5) is 29.8. The molecular formula is C22H19N7O3. The van der Waals surface area contributed by atoms with Crippen LogP contribution in [-0.2, 0) is 11.3 Å². The molecule has 5 rings (SSSR count). The van der Waals surface area contributed by atoms with Gasteiger partial charge in [0.25, 0.3) is 5.71 Å². The van der Waals surface area contributed by atoms with Gasteiger partial charge < -0.3 is 19.6 Å². The van der Waals surface area contributed by atoms with Gasteiger partial charge in [-0.1, -0.05) is 35.5 Å². The van der Waals surface area contributed by atoms with Crippen molar-refractivity contribution in [2.45, 2.75) is 19.9 Å². The summed E-state index contributed by atoms with van der Waals surface area (Å²) in [7, 11) is 0. The van der Waals surface area contributed by atoms with Crippen molar-refractivity contribution in [1.82, 2.24) is 29.7 Å². The predicted octanol–water partition coefficient (Wildman–Crippen LogP) is 3.17. The Labute approximate surface area is 182 Å². The number of benzene rings is 1. The summed E-state index contributed by atoms with van der Waals surface area (Å²) in [6.07, 6.45) is 3.62. The van der Waals surface area contributed by atoms with Gasteiger partial charge in [0.15, 0.2) is 11.5 Å². The molecule has 0 aliphatic rings. The summed E-state index contributed by atoms with van der Waals surface area (Å²) < 4.78 is 12.7. The summed E-state index contributed by atoms with van der Waals surface area (Å²) in [5.74, 6) is -0.122. The molecule has 0 aliphatic carbocycles. The highest BCUT2D eigenvalue weighted by molar-refractivity contribution is 6.04. The molecule has 0 saturated carbocycles. The van der Waals surface area contributed by atoms with Crippen molar-refractivity contribution in [3.63, 3.8) is 0 Å². The lowest BCUT2D eigenvalue weighted by Crippen LogP contribution is -2.10. The summed E-state index contributed by atoms with van der Waals surface area (Å²) in [5.41, 5.74) is 9.76. The molecular weight excluding hydrogens is 410 g/mol. The SMILES string of the molecule is Cc1noc2nc(-c3ccccc3)cc(C(=O)OCCCn3cnc4c(N)ncnc43)c12. The Morgan fingerprint density at radius 3 is 2.88 bits per heavy atom. The number of hydrogen-bond acceptors (Lipinski definition) is 9. The third-order valence-corrected chi connectivity index (χ3v) is 5.11. The number of fused-ring (bicyclic) bond motifs is 2. The van der Waals surface area contributed by atoms with E-state index in [-0.39, 0.29) is 6.61 Å². The number of nitrogen functional groups attached to an aromatic ring is 1. The Balaban J connectivity index is 1.33. The van der Waals surface area contributed by atoms with Crippen LogP contribution in [0.15, 0.2) is 53.6 Å². The number of aromatic nitrogens is 6. The molecule has 0 amide bonds. The van der Waals surface area contributed by atoms with E-state index in [4.69, 9.17) is 15.0 Å². The number of carbonyl (C=O) groups is 1. The number of rotatable bonds is 6. The van der Waals surface area contributed by atoms with Crippen LogP contribution < -0.4 is 5.73 Å². The lowest BCUT2D eigenvalue weighted by Gasteiger charge is -2.08. The minimum absolute atomic E-state index is 0.216. The average molecular weight is 429 g/mol.